The molecule has 5 rings (SSSR count). The Morgan fingerprint density at radius 2 is 1.74 bits per heavy atom. The van der Waals surface area contributed by atoms with Crippen LogP contribution in [-0.4, -0.2) is 23.9 Å². The third-order valence-electron chi connectivity index (χ3n) is 5.78. The zero-order valence-corrected chi connectivity index (χ0v) is 15.9. The number of benzene rings is 2. The summed E-state index contributed by atoms with van der Waals surface area (Å²) in [5.74, 6) is 1.66. The van der Waals surface area contributed by atoms with E-state index in [0.717, 1.165) is 17.9 Å². The van der Waals surface area contributed by atoms with Crippen LogP contribution in [0.5, 0.6) is 0 Å². The van der Waals surface area contributed by atoms with E-state index in [-0.39, 0.29) is 0 Å². The van der Waals surface area contributed by atoms with Gasteiger partial charge in [0.2, 0.25) is 0 Å². The third kappa shape index (κ3) is 2.64. The summed E-state index contributed by atoms with van der Waals surface area (Å²) in [5.41, 5.74) is 7.64. The van der Waals surface area contributed by atoms with Crippen molar-refractivity contribution in [3.63, 3.8) is 0 Å². The molecule has 0 bridgehead atoms. The minimum absolute atomic E-state index is 0.644. The Hall–Kier alpha value is -3.01. The SMILES string of the molecule is C=C1N(C)c2ccc(Cc3cnn(-c4ccccc4)c3C3CC3)cc2N1C. The molecule has 2 aromatic carbocycles. The van der Waals surface area contributed by atoms with Crippen molar-refractivity contribution in [3.05, 3.63) is 83.9 Å². The van der Waals surface area contributed by atoms with Crippen LogP contribution in [0.15, 0.2) is 67.1 Å². The molecule has 0 N–H and O–H groups in total. The molecule has 2 heterocycles. The Balaban J connectivity index is 1.51. The molecule has 1 fully saturated rings. The summed E-state index contributed by atoms with van der Waals surface area (Å²) in [7, 11) is 4.15. The lowest BCUT2D eigenvalue weighted by Crippen LogP contribution is -2.20. The average Bonchev–Trinajstić information content (AvgIpc) is 3.42. The molecule has 4 nitrogen and oxygen atoms in total. The van der Waals surface area contributed by atoms with Crippen LogP contribution in [0.25, 0.3) is 5.69 Å². The standard InChI is InChI=1S/C23H24N4/c1-16-25(2)21-12-9-17(14-22(21)26(16)3)13-19-15-24-27(23(19)18-10-11-18)20-7-5-4-6-8-20/h4-9,12,14-15,18H,1,10-11,13H2,2-3H3. The molecule has 0 amide bonds. The average molecular weight is 356 g/mol. The van der Waals surface area contributed by atoms with E-state index >= 15 is 0 Å². The van der Waals surface area contributed by atoms with E-state index in [4.69, 9.17) is 5.10 Å². The van der Waals surface area contributed by atoms with Gasteiger partial charge in [0.15, 0.2) is 0 Å². The monoisotopic (exact) mass is 356 g/mol. The summed E-state index contributed by atoms with van der Waals surface area (Å²) < 4.78 is 2.14. The lowest BCUT2D eigenvalue weighted by atomic mass is 10.0. The first kappa shape index (κ1) is 16.2. The molecule has 0 unspecified atom stereocenters. The van der Waals surface area contributed by atoms with Crippen molar-refractivity contribution in [1.29, 1.82) is 0 Å². The van der Waals surface area contributed by atoms with Crippen LogP contribution in [0.2, 0.25) is 0 Å². The zero-order chi connectivity index (χ0) is 18.5. The third-order valence-corrected chi connectivity index (χ3v) is 5.78. The van der Waals surface area contributed by atoms with Crippen LogP contribution in [0.1, 0.15) is 35.6 Å². The second-order valence-electron chi connectivity index (χ2n) is 7.61. The van der Waals surface area contributed by atoms with Gasteiger partial charge in [-0.3, -0.25) is 0 Å². The minimum Gasteiger partial charge on any atom is -0.330 e. The highest BCUT2D eigenvalue weighted by molar-refractivity contribution is 5.82. The summed E-state index contributed by atoms with van der Waals surface area (Å²) in [5, 5.41) is 4.74. The highest BCUT2D eigenvalue weighted by atomic mass is 15.4. The highest BCUT2D eigenvalue weighted by Gasteiger charge is 2.31. The summed E-state index contributed by atoms with van der Waals surface area (Å²) in [6.07, 6.45) is 5.50. The van der Waals surface area contributed by atoms with Crippen molar-refractivity contribution in [2.75, 3.05) is 23.9 Å². The molecule has 27 heavy (non-hydrogen) atoms. The molecule has 0 saturated heterocycles. The van der Waals surface area contributed by atoms with E-state index in [1.54, 1.807) is 0 Å². The Kier molecular flexibility index (Phi) is 3.61. The van der Waals surface area contributed by atoms with Crippen molar-refractivity contribution in [2.24, 2.45) is 0 Å². The van der Waals surface area contributed by atoms with E-state index in [1.165, 1.54) is 41.0 Å². The number of hydrogen-bond acceptors (Lipinski definition) is 3. The summed E-state index contributed by atoms with van der Waals surface area (Å²) in [6.45, 7) is 4.17. The van der Waals surface area contributed by atoms with Crippen molar-refractivity contribution < 1.29 is 0 Å². The number of fused-ring (bicyclic) bond motifs is 1. The van der Waals surface area contributed by atoms with Crippen LogP contribution >= 0.6 is 0 Å². The lowest BCUT2D eigenvalue weighted by Gasteiger charge is -2.15. The largest absolute Gasteiger partial charge is 0.330 e. The van der Waals surface area contributed by atoms with Crippen molar-refractivity contribution in [1.82, 2.24) is 9.78 Å². The smallest absolute Gasteiger partial charge is 0.105 e. The Labute approximate surface area is 160 Å². The number of anilines is 2. The maximum atomic E-state index is 4.74. The maximum Gasteiger partial charge on any atom is 0.105 e. The number of hydrogen-bond donors (Lipinski definition) is 0. The number of para-hydroxylation sites is 1. The summed E-state index contributed by atoms with van der Waals surface area (Å²) in [6, 6.07) is 17.2. The molecular formula is C23H24N4. The predicted octanol–water partition coefficient (Wildman–Crippen LogP) is 4.70. The number of rotatable bonds is 4. The quantitative estimate of drug-likeness (QED) is 0.677. The molecule has 2 aliphatic rings. The van der Waals surface area contributed by atoms with Crippen molar-refractivity contribution in [3.8, 4) is 5.69 Å². The van der Waals surface area contributed by atoms with Gasteiger partial charge in [-0.15, -0.1) is 0 Å². The predicted molar refractivity (Wildman–Crippen MR) is 111 cm³/mol. The van der Waals surface area contributed by atoms with Gasteiger partial charge in [0.25, 0.3) is 0 Å². The van der Waals surface area contributed by atoms with Gasteiger partial charge in [-0.25, -0.2) is 4.68 Å². The highest BCUT2D eigenvalue weighted by Crippen LogP contribution is 2.44. The molecule has 4 heteroatoms. The van der Waals surface area contributed by atoms with Gasteiger partial charge in [0.1, 0.15) is 5.82 Å². The normalized spacial score (nSPS) is 16.1. The van der Waals surface area contributed by atoms with E-state index < -0.39 is 0 Å². The molecule has 0 radical (unpaired) electrons. The molecule has 1 aliphatic carbocycles. The van der Waals surface area contributed by atoms with Gasteiger partial charge in [-0.1, -0.05) is 30.8 Å². The fourth-order valence-corrected chi connectivity index (χ4v) is 4.05. The van der Waals surface area contributed by atoms with Gasteiger partial charge >= 0.3 is 0 Å². The zero-order valence-electron chi connectivity index (χ0n) is 15.9. The first-order valence-corrected chi connectivity index (χ1v) is 9.55. The molecule has 1 saturated carbocycles. The van der Waals surface area contributed by atoms with Gasteiger partial charge in [-0.2, -0.15) is 5.10 Å². The fourth-order valence-electron chi connectivity index (χ4n) is 4.05. The molecule has 1 aliphatic heterocycles. The Bertz CT molecular complexity index is 1010. The first-order chi connectivity index (χ1) is 13.1. The Morgan fingerprint density at radius 1 is 1.00 bits per heavy atom. The van der Waals surface area contributed by atoms with Crippen molar-refractivity contribution in [2.45, 2.75) is 25.2 Å². The van der Waals surface area contributed by atoms with Gasteiger partial charge < -0.3 is 9.80 Å². The minimum atomic E-state index is 0.644. The van der Waals surface area contributed by atoms with Gasteiger partial charge in [0, 0.05) is 26.4 Å². The van der Waals surface area contributed by atoms with Crippen LogP contribution in [0.4, 0.5) is 11.4 Å². The van der Waals surface area contributed by atoms with Crippen LogP contribution in [-0.2, 0) is 6.42 Å². The van der Waals surface area contributed by atoms with Gasteiger partial charge in [-0.05, 0) is 48.2 Å². The molecule has 3 aromatic rings. The van der Waals surface area contributed by atoms with E-state index in [2.05, 4.69) is 89.9 Å². The van der Waals surface area contributed by atoms with E-state index in [0.29, 0.717) is 5.92 Å². The molecule has 0 atom stereocenters. The topological polar surface area (TPSA) is 24.3 Å². The van der Waals surface area contributed by atoms with E-state index in [1.807, 2.05) is 0 Å². The second kappa shape index (κ2) is 6.02. The molecule has 1 aromatic heterocycles. The Morgan fingerprint density at radius 3 is 2.48 bits per heavy atom. The first-order valence-electron chi connectivity index (χ1n) is 9.55. The number of nitrogens with zero attached hydrogens (tertiary/aromatic N) is 4. The van der Waals surface area contributed by atoms with E-state index in [9.17, 15) is 0 Å². The van der Waals surface area contributed by atoms with Crippen molar-refractivity contribution >= 4 is 11.4 Å². The van der Waals surface area contributed by atoms with Crippen LogP contribution in [0.3, 0.4) is 0 Å². The van der Waals surface area contributed by atoms with Gasteiger partial charge in [0.05, 0.1) is 29.0 Å². The summed E-state index contributed by atoms with van der Waals surface area (Å²) in [4.78, 5) is 4.30. The molecule has 136 valence electrons. The lowest BCUT2D eigenvalue weighted by molar-refractivity contribution is 0.803. The summed E-state index contributed by atoms with van der Waals surface area (Å²) >= 11 is 0. The molecular weight excluding hydrogens is 332 g/mol. The number of aromatic nitrogens is 2. The molecule has 0 spiro atoms. The van der Waals surface area contributed by atoms with Crippen LogP contribution in [0, 0.1) is 0 Å². The second-order valence-corrected chi connectivity index (χ2v) is 7.61. The fraction of sp³-hybridized carbons (Fsp3) is 0.261. The maximum absolute atomic E-state index is 4.74. The van der Waals surface area contributed by atoms with Crippen LogP contribution < -0.4 is 9.80 Å².